The lowest BCUT2D eigenvalue weighted by Gasteiger charge is -2.40. The van der Waals surface area contributed by atoms with Crippen molar-refractivity contribution in [2.45, 2.75) is 230 Å². The van der Waals surface area contributed by atoms with Gasteiger partial charge in [-0.1, -0.05) is 141 Å². The summed E-state index contributed by atoms with van der Waals surface area (Å²) in [5.74, 6) is -1.99. The number of aliphatic hydroxyl groups is 3. The van der Waals surface area contributed by atoms with E-state index in [1.54, 1.807) is 0 Å². The zero-order chi connectivity index (χ0) is 42.7. The van der Waals surface area contributed by atoms with Gasteiger partial charge in [0.2, 0.25) is 0 Å². The molecule has 4 N–H and O–H groups in total. The summed E-state index contributed by atoms with van der Waals surface area (Å²) in [5.41, 5.74) is 0. The average molecular weight is 847 g/mol. The van der Waals surface area contributed by atoms with Crippen LogP contribution in [0.1, 0.15) is 194 Å². The Morgan fingerprint density at radius 2 is 0.983 bits per heavy atom. The second-order valence-corrected chi connectivity index (χ2v) is 17.6. The molecule has 0 aromatic rings. The molecule has 0 aliphatic carbocycles. The molecule has 0 amide bonds. The Kier molecular flexibility index (Phi) is 33.5. The Bertz CT molecular complexity index is 1180. The van der Waals surface area contributed by atoms with Crippen LogP contribution in [0.5, 0.6) is 0 Å². The monoisotopic (exact) mass is 847 g/mol. The SMILES string of the molecule is CCCCCC/C=C/CCCCCCCC(=O)OC[C@H](CO[C@H]1O[C@H](CS(=O)(=O)O)[C@@H](O)C(O)C1O)OC(=O)CCCCCCCCC/C=C/CCCCCCCC. The van der Waals surface area contributed by atoms with E-state index in [1.165, 1.54) is 83.5 Å². The van der Waals surface area contributed by atoms with E-state index in [4.69, 9.17) is 18.9 Å². The van der Waals surface area contributed by atoms with Gasteiger partial charge in [0.1, 0.15) is 36.8 Å². The summed E-state index contributed by atoms with van der Waals surface area (Å²) in [4.78, 5) is 25.4. The molecule has 1 rings (SSSR count). The highest BCUT2D eigenvalue weighted by atomic mass is 32.2. The van der Waals surface area contributed by atoms with Crippen molar-refractivity contribution in [2.24, 2.45) is 0 Å². The van der Waals surface area contributed by atoms with Crippen LogP contribution in [-0.4, -0.2) is 96.0 Å². The fourth-order valence-electron chi connectivity index (χ4n) is 6.90. The fraction of sp³-hybridized carbons (Fsp3) is 0.867. The lowest BCUT2D eigenvalue weighted by Crippen LogP contribution is -2.60. The standard InChI is InChI=1S/C45H82O12S/c1-3-5-7-9-11-13-15-17-18-19-20-22-24-26-28-30-32-34-41(47)56-38(36-55-45-44(50)43(49)42(48)39(57-45)37-58(51,52)53)35-54-40(46)33-31-29-27-25-23-21-16-14-12-10-8-6-4-2/h14,16-18,38-39,42-45,48-50H,3-13,15,19-37H2,1-2H3,(H,51,52,53)/b16-14+,18-17+/t38-,39-,42-,43?,44?,45+/m1/s1. The van der Waals surface area contributed by atoms with Crippen molar-refractivity contribution in [3.63, 3.8) is 0 Å². The van der Waals surface area contributed by atoms with E-state index in [1.807, 2.05) is 0 Å². The number of carbonyl (C=O) groups excluding carboxylic acids is 2. The number of hydrogen-bond donors (Lipinski definition) is 4. The minimum absolute atomic E-state index is 0.159. The molecule has 0 spiro atoms. The van der Waals surface area contributed by atoms with Gasteiger partial charge in [-0.3, -0.25) is 14.1 Å². The molecule has 1 aliphatic rings. The van der Waals surface area contributed by atoms with Crippen LogP contribution in [0, 0.1) is 0 Å². The van der Waals surface area contributed by atoms with E-state index in [0.29, 0.717) is 12.8 Å². The minimum atomic E-state index is -4.60. The quantitative estimate of drug-likeness (QED) is 0.0200. The Morgan fingerprint density at radius 1 is 0.569 bits per heavy atom. The maximum absolute atomic E-state index is 12.8. The van der Waals surface area contributed by atoms with Gasteiger partial charge in [0.05, 0.1) is 6.61 Å². The normalized spacial score (nSPS) is 20.6. The van der Waals surface area contributed by atoms with E-state index in [2.05, 4.69) is 38.2 Å². The van der Waals surface area contributed by atoms with Crippen molar-refractivity contribution in [3.8, 4) is 0 Å². The third kappa shape index (κ3) is 30.2. The van der Waals surface area contributed by atoms with Crippen LogP contribution in [0.3, 0.4) is 0 Å². The molecule has 6 atom stereocenters. The van der Waals surface area contributed by atoms with Crippen LogP contribution < -0.4 is 0 Å². The van der Waals surface area contributed by atoms with Crippen molar-refractivity contribution in [2.75, 3.05) is 19.0 Å². The molecule has 58 heavy (non-hydrogen) atoms. The number of rotatable bonds is 38. The van der Waals surface area contributed by atoms with Gasteiger partial charge in [-0.15, -0.1) is 0 Å². The number of hydrogen-bond acceptors (Lipinski definition) is 11. The number of aliphatic hydroxyl groups excluding tert-OH is 3. The molecule has 0 saturated carbocycles. The summed E-state index contributed by atoms with van der Waals surface area (Å²) in [6.07, 6.45) is 29.3. The van der Waals surface area contributed by atoms with E-state index in [0.717, 1.165) is 70.6 Å². The third-order valence-corrected chi connectivity index (χ3v) is 11.3. The van der Waals surface area contributed by atoms with Gasteiger partial charge in [0.25, 0.3) is 10.1 Å². The Hall–Kier alpha value is -1.87. The summed E-state index contributed by atoms with van der Waals surface area (Å²) >= 11 is 0. The van der Waals surface area contributed by atoms with Gasteiger partial charge < -0.3 is 34.3 Å². The molecule has 12 nitrogen and oxygen atoms in total. The predicted molar refractivity (Wildman–Crippen MR) is 229 cm³/mol. The fourth-order valence-corrected chi connectivity index (χ4v) is 7.59. The van der Waals surface area contributed by atoms with Gasteiger partial charge >= 0.3 is 11.9 Å². The molecule has 0 aromatic carbocycles. The van der Waals surface area contributed by atoms with Crippen LogP contribution in [0.4, 0.5) is 0 Å². The average Bonchev–Trinajstić information content (AvgIpc) is 3.18. The first-order valence-electron chi connectivity index (χ1n) is 22.9. The molecular formula is C45H82O12S. The Labute approximate surface area is 351 Å². The molecular weight excluding hydrogens is 765 g/mol. The summed E-state index contributed by atoms with van der Waals surface area (Å²) in [5, 5.41) is 30.9. The van der Waals surface area contributed by atoms with Crippen molar-refractivity contribution in [1.29, 1.82) is 0 Å². The highest BCUT2D eigenvalue weighted by Gasteiger charge is 2.46. The molecule has 0 radical (unpaired) electrons. The molecule has 1 heterocycles. The zero-order valence-electron chi connectivity index (χ0n) is 36.2. The predicted octanol–water partition coefficient (Wildman–Crippen LogP) is 9.23. The highest BCUT2D eigenvalue weighted by molar-refractivity contribution is 7.85. The summed E-state index contributed by atoms with van der Waals surface area (Å²) in [6, 6.07) is 0. The smallest absolute Gasteiger partial charge is 0.306 e. The van der Waals surface area contributed by atoms with Gasteiger partial charge in [-0.05, 0) is 64.2 Å². The second-order valence-electron chi connectivity index (χ2n) is 16.1. The van der Waals surface area contributed by atoms with Gasteiger partial charge in [-0.2, -0.15) is 8.42 Å². The van der Waals surface area contributed by atoms with Crippen molar-refractivity contribution >= 4 is 22.1 Å². The first-order chi connectivity index (χ1) is 28.0. The highest BCUT2D eigenvalue weighted by Crippen LogP contribution is 2.24. The minimum Gasteiger partial charge on any atom is -0.462 e. The largest absolute Gasteiger partial charge is 0.462 e. The number of allylic oxidation sites excluding steroid dienone is 4. The second kappa shape index (κ2) is 35.8. The number of unbranched alkanes of at least 4 members (excludes halogenated alkanes) is 22. The number of ether oxygens (including phenoxy) is 4. The van der Waals surface area contributed by atoms with Crippen LogP contribution in [0.25, 0.3) is 0 Å². The Morgan fingerprint density at radius 3 is 1.45 bits per heavy atom. The summed E-state index contributed by atoms with van der Waals surface area (Å²) < 4.78 is 54.0. The van der Waals surface area contributed by atoms with Gasteiger partial charge in [0, 0.05) is 12.8 Å². The first-order valence-corrected chi connectivity index (χ1v) is 24.5. The van der Waals surface area contributed by atoms with Gasteiger partial charge in [0.15, 0.2) is 12.4 Å². The van der Waals surface area contributed by atoms with Crippen LogP contribution in [-0.2, 0) is 38.7 Å². The zero-order valence-corrected chi connectivity index (χ0v) is 37.0. The van der Waals surface area contributed by atoms with Crippen LogP contribution in [0.2, 0.25) is 0 Å². The molecule has 1 aliphatic heterocycles. The molecule has 1 fully saturated rings. The van der Waals surface area contributed by atoms with E-state index in [-0.39, 0.29) is 19.4 Å². The van der Waals surface area contributed by atoms with Crippen LogP contribution >= 0.6 is 0 Å². The number of esters is 2. The molecule has 2 unspecified atom stereocenters. The number of carbonyl (C=O) groups is 2. The molecule has 340 valence electrons. The Balaban J connectivity index is 2.44. The lowest BCUT2D eigenvalue weighted by molar-refractivity contribution is -0.297. The maximum atomic E-state index is 12.8. The molecule has 1 saturated heterocycles. The van der Waals surface area contributed by atoms with Gasteiger partial charge in [-0.25, -0.2) is 0 Å². The summed E-state index contributed by atoms with van der Waals surface area (Å²) in [6.45, 7) is 3.73. The molecule has 0 aromatic heterocycles. The molecule has 0 bridgehead atoms. The summed E-state index contributed by atoms with van der Waals surface area (Å²) in [7, 11) is -4.60. The lowest BCUT2D eigenvalue weighted by atomic mass is 10.00. The third-order valence-electron chi connectivity index (χ3n) is 10.5. The van der Waals surface area contributed by atoms with E-state index in [9.17, 15) is 37.9 Å². The van der Waals surface area contributed by atoms with Crippen molar-refractivity contribution in [1.82, 2.24) is 0 Å². The topological polar surface area (TPSA) is 186 Å². The maximum Gasteiger partial charge on any atom is 0.306 e. The van der Waals surface area contributed by atoms with Crippen LogP contribution in [0.15, 0.2) is 24.3 Å². The van der Waals surface area contributed by atoms with E-state index >= 15 is 0 Å². The first kappa shape index (κ1) is 54.1. The van der Waals surface area contributed by atoms with Crippen molar-refractivity contribution < 1.29 is 56.8 Å². The van der Waals surface area contributed by atoms with E-state index < -0.39 is 71.2 Å². The van der Waals surface area contributed by atoms with Crippen molar-refractivity contribution in [3.05, 3.63) is 24.3 Å². The molecule has 13 heteroatoms.